The van der Waals surface area contributed by atoms with Crippen LogP contribution < -0.4 is 0 Å². The van der Waals surface area contributed by atoms with Crippen LogP contribution in [0.25, 0.3) is 0 Å². The van der Waals surface area contributed by atoms with Crippen molar-refractivity contribution < 1.29 is 14.4 Å². The summed E-state index contributed by atoms with van der Waals surface area (Å²) in [5.74, 6) is 0. The van der Waals surface area contributed by atoms with Gasteiger partial charge in [0.25, 0.3) is 0 Å². The molecule has 2 N–H and O–H groups in total. The molecule has 0 aliphatic carbocycles. The number of rotatable bonds is 2. The highest BCUT2D eigenvalue weighted by atomic mass is 31.2. The number of benzene rings is 1. The van der Waals surface area contributed by atoms with Gasteiger partial charge < -0.3 is 9.79 Å². The molecule has 0 saturated carbocycles. The van der Waals surface area contributed by atoms with Crippen molar-refractivity contribution in [1.82, 2.24) is 0 Å². The molecule has 0 atom stereocenters. The second-order valence-electron chi connectivity index (χ2n) is 3.04. The minimum Gasteiger partial charge on any atom is -0.324 e. The Morgan fingerprint density at radius 3 is 1.86 bits per heavy atom. The highest BCUT2D eigenvalue weighted by Crippen LogP contribution is 2.34. The minimum absolute atomic E-state index is 0.00694. The van der Waals surface area contributed by atoms with Crippen molar-refractivity contribution in [1.29, 1.82) is 0 Å². The summed E-state index contributed by atoms with van der Waals surface area (Å²) in [5.41, 5.74) is 1.32. The van der Waals surface area contributed by atoms with Crippen LogP contribution in [0.3, 0.4) is 0 Å². The molecule has 4 heteroatoms. The van der Waals surface area contributed by atoms with E-state index in [1.165, 1.54) is 5.56 Å². The summed E-state index contributed by atoms with van der Waals surface area (Å²) in [7, 11) is -3.67. The van der Waals surface area contributed by atoms with Crippen LogP contribution in [-0.2, 0) is 4.57 Å². The average molecular weight is 216 g/mol. The van der Waals surface area contributed by atoms with Crippen LogP contribution in [0.2, 0.25) is 0 Å². The van der Waals surface area contributed by atoms with Gasteiger partial charge in [-0.1, -0.05) is 42.8 Å². The zero-order valence-corrected chi connectivity index (χ0v) is 9.45. The van der Waals surface area contributed by atoms with E-state index in [9.17, 15) is 4.57 Å². The molecular weight excluding hydrogens is 199 g/mol. The lowest BCUT2D eigenvalue weighted by Crippen LogP contribution is -1.82. The lowest BCUT2D eigenvalue weighted by Gasteiger charge is -1.96. The average Bonchev–Trinajstić information content (AvgIpc) is 2.04. The van der Waals surface area contributed by atoms with Gasteiger partial charge >= 0.3 is 7.60 Å². The zero-order valence-electron chi connectivity index (χ0n) is 8.55. The van der Waals surface area contributed by atoms with Crippen LogP contribution >= 0.6 is 7.60 Å². The Hall–Kier alpha value is -0.630. The highest BCUT2D eigenvalue weighted by Gasteiger charge is 2.08. The molecular formula is C10H17O3P. The fraction of sp³-hybridized carbons (Fsp3) is 0.400. The van der Waals surface area contributed by atoms with Gasteiger partial charge in [-0.2, -0.15) is 0 Å². The first-order valence-corrected chi connectivity index (χ1v) is 6.31. The molecule has 0 aliphatic rings. The van der Waals surface area contributed by atoms with Gasteiger partial charge in [0.15, 0.2) is 0 Å². The Morgan fingerprint density at radius 2 is 1.71 bits per heavy atom. The van der Waals surface area contributed by atoms with Gasteiger partial charge in [0.1, 0.15) is 0 Å². The predicted octanol–water partition coefficient (Wildman–Crippen LogP) is 2.57. The maximum Gasteiger partial charge on any atom is 0.325 e. The molecule has 0 fully saturated rings. The van der Waals surface area contributed by atoms with E-state index in [0.717, 1.165) is 0 Å². The standard InChI is InChI=1S/C7H8.C3H9O3P/c1-7-5-3-2-4-6-7;1-2-3-7(4,5)6/h2-6H,1H3;2-3H2,1H3,(H2,4,5,6). The second-order valence-corrected chi connectivity index (χ2v) is 4.82. The van der Waals surface area contributed by atoms with Crippen molar-refractivity contribution in [2.24, 2.45) is 0 Å². The maximum atomic E-state index is 9.93. The van der Waals surface area contributed by atoms with E-state index in [2.05, 4.69) is 19.1 Å². The number of aryl methyl sites for hydroxylation is 1. The van der Waals surface area contributed by atoms with Crippen LogP contribution in [0, 0.1) is 6.92 Å². The molecule has 1 rings (SSSR count). The molecule has 1 aromatic rings. The minimum atomic E-state index is -3.67. The maximum absolute atomic E-state index is 9.93. The zero-order chi connectivity index (χ0) is 11.0. The van der Waals surface area contributed by atoms with Crippen molar-refractivity contribution in [3.63, 3.8) is 0 Å². The van der Waals surface area contributed by atoms with Crippen LogP contribution in [0.15, 0.2) is 30.3 Å². The summed E-state index contributed by atoms with van der Waals surface area (Å²) in [5, 5.41) is 0. The van der Waals surface area contributed by atoms with Crippen LogP contribution in [0.4, 0.5) is 0 Å². The molecule has 3 nitrogen and oxygen atoms in total. The van der Waals surface area contributed by atoms with Crippen molar-refractivity contribution in [2.45, 2.75) is 20.3 Å². The normalized spacial score (nSPS) is 10.3. The van der Waals surface area contributed by atoms with Crippen LogP contribution in [0.5, 0.6) is 0 Å². The molecule has 14 heavy (non-hydrogen) atoms. The molecule has 0 saturated heterocycles. The van der Waals surface area contributed by atoms with Gasteiger partial charge in [0.2, 0.25) is 0 Å². The van der Waals surface area contributed by atoms with Crippen molar-refractivity contribution in [3.8, 4) is 0 Å². The van der Waals surface area contributed by atoms with Crippen molar-refractivity contribution in [2.75, 3.05) is 6.16 Å². The predicted molar refractivity (Wildman–Crippen MR) is 58.4 cm³/mol. The Morgan fingerprint density at radius 1 is 1.21 bits per heavy atom. The molecule has 0 radical (unpaired) electrons. The first kappa shape index (κ1) is 13.4. The molecule has 0 unspecified atom stereocenters. The van der Waals surface area contributed by atoms with Crippen molar-refractivity contribution in [3.05, 3.63) is 35.9 Å². The van der Waals surface area contributed by atoms with Gasteiger partial charge in [-0.25, -0.2) is 0 Å². The first-order chi connectivity index (χ1) is 6.45. The Balaban J connectivity index is 0.000000241. The van der Waals surface area contributed by atoms with E-state index in [0.29, 0.717) is 6.42 Å². The summed E-state index contributed by atoms with van der Waals surface area (Å²) in [6, 6.07) is 10.3. The largest absolute Gasteiger partial charge is 0.325 e. The third-order valence-corrected chi connectivity index (χ3v) is 2.49. The molecule has 0 heterocycles. The summed E-state index contributed by atoms with van der Waals surface area (Å²) >= 11 is 0. The lowest BCUT2D eigenvalue weighted by atomic mass is 10.2. The summed E-state index contributed by atoms with van der Waals surface area (Å²) in [4.78, 5) is 16.3. The van der Waals surface area contributed by atoms with Gasteiger partial charge in [0.05, 0.1) is 0 Å². The van der Waals surface area contributed by atoms with E-state index in [-0.39, 0.29) is 6.16 Å². The van der Waals surface area contributed by atoms with E-state index < -0.39 is 7.60 Å². The Kier molecular flexibility index (Phi) is 6.46. The molecule has 0 aromatic heterocycles. The van der Waals surface area contributed by atoms with E-state index in [1.54, 1.807) is 6.92 Å². The quantitative estimate of drug-likeness (QED) is 0.747. The lowest BCUT2D eigenvalue weighted by molar-refractivity contribution is 0.372. The van der Waals surface area contributed by atoms with Crippen LogP contribution in [-0.4, -0.2) is 15.9 Å². The van der Waals surface area contributed by atoms with Crippen molar-refractivity contribution >= 4 is 7.60 Å². The fourth-order valence-electron chi connectivity index (χ4n) is 0.826. The smallest absolute Gasteiger partial charge is 0.324 e. The van der Waals surface area contributed by atoms with Crippen LogP contribution in [0.1, 0.15) is 18.9 Å². The van der Waals surface area contributed by atoms with Gasteiger partial charge in [-0.3, -0.25) is 4.57 Å². The summed E-state index contributed by atoms with van der Waals surface area (Å²) in [6.07, 6.45) is 0.553. The molecule has 1 aromatic carbocycles. The van der Waals surface area contributed by atoms with E-state index in [4.69, 9.17) is 9.79 Å². The van der Waals surface area contributed by atoms with E-state index in [1.807, 2.05) is 18.2 Å². The second kappa shape index (κ2) is 6.77. The molecule has 0 bridgehead atoms. The molecule has 80 valence electrons. The number of hydrogen-bond donors (Lipinski definition) is 2. The van der Waals surface area contributed by atoms with Gasteiger partial charge in [-0.05, 0) is 13.3 Å². The third kappa shape index (κ3) is 9.46. The Labute approximate surface area is 84.9 Å². The monoisotopic (exact) mass is 216 g/mol. The Bertz CT molecular complexity index is 279. The summed E-state index contributed by atoms with van der Waals surface area (Å²) in [6.45, 7) is 3.82. The topological polar surface area (TPSA) is 57.5 Å². The third-order valence-electron chi connectivity index (χ3n) is 1.46. The van der Waals surface area contributed by atoms with E-state index >= 15 is 0 Å². The fourth-order valence-corrected chi connectivity index (χ4v) is 1.41. The molecule has 0 amide bonds. The van der Waals surface area contributed by atoms with Gasteiger partial charge in [0, 0.05) is 6.16 Å². The van der Waals surface area contributed by atoms with Gasteiger partial charge in [-0.15, -0.1) is 0 Å². The number of hydrogen-bond acceptors (Lipinski definition) is 1. The highest BCUT2D eigenvalue weighted by molar-refractivity contribution is 7.51. The first-order valence-electron chi connectivity index (χ1n) is 4.52. The SMILES string of the molecule is CCCP(=O)(O)O.Cc1ccccc1. The molecule has 0 spiro atoms. The summed E-state index contributed by atoms with van der Waals surface area (Å²) < 4.78 is 9.93. The molecule has 0 aliphatic heterocycles.